The van der Waals surface area contributed by atoms with Gasteiger partial charge < -0.3 is 28.4 Å². The van der Waals surface area contributed by atoms with Crippen LogP contribution >= 0.6 is 11.8 Å². The zero-order valence-corrected chi connectivity index (χ0v) is 21.5. The summed E-state index contributed by atoms with van der Waals surface area (Å²) in [5, 5.41) is 0. The van der Waals surface area contributed by atoms with Crippen molar-refractivity contribution in [3.63, 3.8) is 0 Å². The third kappa shape index (κ3) is 5.14. The van der Waals surface area contributed by atoms with Gasteiger partial charge in [-0.2, -0.15) is 0 Å². The van der Waals surface area contributed by atoms with Crippen LogP contribution in [-0.4, -0.2) is 54.5 Å². The average molecular weight is 477 g/mol. The van der Waals surface area contributed by atoms with Crippen molar-refractivity contribution in [2.75, 3.05) is 48.4 Å². The third-order valence-corrected chi connectivity index (χ3v) is 7.07. The highest BCUT2D eigenvalue weighted by Crippen LogP contribution is 2.50. The SMILES string of the molecule is CCCOc1c(OC)cc([C@@H]2CC[C@H](c3cc(OC)c(OC)c(OC)c3)[C@@H]2OC)cc1SC. The Bertz CT molecular complexity index is 881. The Morgan fingerprint density at radius 3 is 1.70 bits per heavy atom. The molecule has 3 rings (SSSR count). The summed E-state index contributed by atoms with van der Waals surface area (Å²) in [5.74, 6) is 3.96. The van der Waals surface area contributed by atoms with Gasteiger partial charge in [0.05, 0.1) is 46.0 Å². The predicted octanol–water partition coefficient (Wildman–Crippen LogP) is 5.91. The largest absolute Gasteiger partial charge is 0.493 e. The Balaban J connectivity index is 1.98. The summed E-state index contributed by atoms with van der Waals surface area (Å²) in [5.41, 5.74) is 2.33. The molecule has 0 spiro atoms. The summed E-state index contributed by atoms with van der Waals surface area (Å²) in [6, 6.07) is 8.41. The van der Waals surface area contributed by atoms with Gasteiger partial charge in [-0.15, -0.1) is 11.8 Å². The van der Waals surface area contributed by atoms with E-state index < -0.39 is 0 Å². The van der Waals surface area contributed by atoms with Gasteiger partial charge in [0.1, 0.15) is 0 Å². The number of ether oxygens (including phenoxy) is 6. The molecule has 0 heterocycles. The molecule has 0 unspecified atom stereocenters. The van der Waals surface area contributed by atoms with Crippen molar-refractivity contribution in [3.8, 4) is 28.7 Å². The van der Waals surface area contributed by atoms with Crippen molar-refractivity contribution in [1.29, 1.82) is 0 Å². The van der Waals surface area contributed by atoms with E-state index in [1.54, 1.807) is 47.3 Å². The van der Waals surface area contributed by atoms with E-state index in [0.29, 0.717) is 23.9 Å². The minimum atomic E-state index is 0.00892. The van der Waals surface area contributed by atoms with E-state index >= 15 is 0 Å². The Morgan fingerprint density at radius 1 is 0.758 bits per heavy atom. The van der Waals surface area contributed by atoms with Crippen LogP contribution in [0.4, 0.5) is 0 Å². The van der Waals surface area contributed by atoms with E-state index in [2.05, 4.69) is 25.3 Å². The molecule has 2 aromatic carbocycles. The highest BCUT2D eigenvalue weighted by atomic mass is 32.2. The zero-order valence-electron chi connectivity index (χ0n) is 20.7. The van der Waals surface area contributed by atoms with Crippen LogP contribution in [0.5, 0.6) is 28.7 Å². The molecule has 1 aliphatic carbocycles. The first kappa shape index (κ1) is 25.4. The fourth-order valence-corrected chi connectivity index (χ4v) is 5.38. The van der Waals surface area contributed by atoms with Crippen molar-refractivity contribution in [2.24, 2.45) is 0 Å². The number of benzene rings is 2. The molecule has 0 N–H and O–H groups in total. The topological polar surface area (TPSA) is 55.4 Å². The lowest BCUT2D eigenvalue weighted by Crippen LogP contribution is -2.21. The lowest BCUT2D eigenvalue weighted by Gasteiger charge is -2.26. The molecule has 182 valence electrons. The summed E-state index contributed by atoms with van der Waals surface area (Å²) in [6.07, 6.45) is 5.02. The van der Waals surface area contributed by atoms with Gasteiger partial charge in [0, 0.05) is 18.9 Å². The van der Waals surface area contributed by atoms with Gasteiger partial charge in [-0.3, -0.25) is 0 Å². The highest BCUT2D eigenvalue weighted by Gasteiger charge is 2.39. The van der Waals surface area contributed by atoms with Crippen LogP contribution in [0.1, 0.15) is 49.1 Å². The molecule has 1 fully saturated rings. The molecule has 1 saturated carbocycles. The first-order valence-electron chi connectivity index (χ1n) is 11.3. The number of hydrogen-bond donors (Lipinski definition) is 0. The molecule has 3 atom stereocenters. The molecule has 2 aromatic rings. The first-order valence-corrected chi connectivity index (χ1v) is 12.5. The quantitative estimate of drug-likeness (QED) is 0.374. The van der Waals surface area contributed by atoms with Crippen molar-refractivity contribution in [3.05, 3.63) is 35.4 Å². The van der Waals surface area contributed by atoms with E-state index in [0.717, 1.165) is 41.2 Å². The molecule has 0 aromatic heterocycles. The van der Waals surface area contributed by atoms with E-state index in [4.69, 9.17) is 28.4 Å². The van der Waals surface area contributed by atoms with Gasteiger partial charge in [-0.25, -0.2) is 0 Å². The van der Waals surface area contributed by atoms with Crippen molar-refractivity contribution in [1.82, 2.24) is 0 Å². The molecule has 7 heteroatoms. The molecule has 0 amide bonds. The Hall–Kier alpha value is -2.25. The predicted molar refractivity (Wildman–Crippen MR) is 132 cm³/mol. The molecule has 6 nitrogen and oxygen atoms in total. The van der Waals surface area contributed by atoms with E-state index in [-0.39, 0.29) is 17.9 Å². The second-order valence-corrected chi connectivity index (χ2v) is 8.90. The summed E-state index contributed by atoms with van der Waals surface area (Å²) >= 11 is 1.68. The van der Waals surface area contributed by atoms with Gasteiger partial charge in [0.25, 0.3) is 0 Å². The minimum absolute atomic E-state index is 0.00892. The summed E-state index contributed by atoms with van der Waals surface area (Å²) < 4.78 is 34.5. The van der Waals surface area contributed by atoms with E-state index in [1.165, 1.54) is 5.56 Å². The maximum Gasteiger partial charge on any atom is 0.203 e. The van der Waals surface area contributed by atoms with Crippen LogP contribution in [0.2, 0.25) is 0 Å². The van der Waals surface area contributed by atoms with Gasteiger partial charge >= 0.3 is 0 Å². The Morgan fingerprint density at radius 2 is 1.27 bits per heavy atom. The monoisotopic (exact) mass is 476 g/mol. The molecule has 0 radical (unpaired) electrons. The van der Waals surface area contributed by atoms with Gasteiger partial charge in [-0.1, -0.05) is 6.92 Å². The lowest BCUT2D eigenvalue weighted by atomic mass is 9.89. The number of rotatable bonds is 11. The van der Waals surface area contributed by atoms with Gasteiger partial charge in [0.2, 0.25) is 5.75 Å². The second-order valence-electron chi connectivity index (χ2n) is 8.05. The average Bonchev–Trinajstić information content (AvgIpc) is 3.30. The minimum Gasteiger partial charge on any atom is -0.493 e. The number of thioether (sulfide) groups is 1. The fraction of sp³-hybridized carbons (Fsp3) is 0.538. The molecular weight excluding hydrogens is 440 g/mol. The van der Waals surface area contributed by atoms with Crippen LogP contribution in [0.15, 0.2) is 29.2 Å². The van der Waals surface area contributed by atoms with Crippen LogP contribution in [0, 0.1) is 0 Å². The van der Waals surface area contributed by atoms with Crippen LogP contribution in [0.25, 0.3) is 0 Å². The summed E-state index contributed by atoms with van der Waals surface area (Å²) in [4.78, 5) is 1.09. The third-order valence-electron chi connectivity index (χ3n) is 6.33. The molecule has 33 heavy (non-hydrogen) atoms. The molecule has 0 saturated heterocycles. The summed E-state index contributed by atoms with van der Waals surface area (Å²) in [6.45, 7) is 2.77. The highest BCUT2D eigenvalue weighted by molar-refractivity contribution is 7.98. The maximum atomic E-state index is 6.10. The maximum absolute atomic E-state index is 6.10. The van der Waals surface area contributed by atoms with Crippen LogP contribution < -0.4 is 23.7 Å². The van der Waals surface area contributed by atoms with E-state index in [1.807, 2.05) is 12.1 Å². The second kappa shape index (κ2) is 11.7. The van der Waals surface area contributed by atoms with Crippen LogP contribution in [-0.2, 0) is 4.74 Å². The molecular formula is C26H36O6S. The number of hydrogen-bond acceptors (Lipinski definition) is 7. The van der Waals surface area contributed by atoms with Gasteiger partial charge in [0.15, 0.2) is 23.0 Å². The van der Waals surface area contributed by atoms with E-state index in [9.17, 15) is 0 Å². The fourth-order valence-electron chi connectivity index (χ4n) is 4.79. The van der Waals surface area contributed by atoms with Crippen molar-refractivity contribution >= 4 is 11.8 Å². The van der Waals surface area contributed by atoms with Crippen molar-refractivity contribution in [2.45, 2.75) is 49.0 Å². The summed E-state index contributed by atoms with van der Waals surface area (Å²) in [7, 11) is 8.40. The molecule has 0 aliphatic heterocycles. The van der Waals surface area contributed by atoms with Crippen LogP contribution in [0.3, 0.4) is 0 Å². The lowest BCUT2D eigenvalue weighted by molar-refractivity contribution is 0.0804. The van der Waals surface area contributed by atoms with Gasteiger partial charge in [-0.05, 0) is 60.9 Å². The molecule has 0 bridgehead atoms. The van der Waals surface area contributed by atoms with Crippen molar-refractivity contribution < 1.29 is 28.4 Å². The Labute approximate surface area is 201 Å². The zero-order chi connectivity index (χ0) is 24.0. The smallest absolute Gasteiger partial charge is 0.203 e. The normalized spacial score (nSPS) is 19.9. The number of methoxy groups -OCH3 is 5. The molecule has 1 aliphatic rings. The standard InChI is InChI=1S/C26H36O6S/c1-8-11-32-26-22(29-4)14-17(15-23(26)33-7)19-10-9-18(24(19)30-5)16-12-20(27-2)25(31-6)21(13-16)28-3/h12-15,18-19,24H,8-11H2,1-7H3/t18-,19+,24+/m1/s1. The Kier molecular flexibility index (Phi) is 9.03. The first-order chi connectivity index (χ1) is 16.1.